The van der Waals surface area contributed by atoms with Crippen LogP contribution in [0.5, 0.6) is 0 Å². The first-order valence-corrected chi connectivity index (χ1v) is 6.24. The van der Waals surface area contributed by atoms with Crippen molar-refractivity contribution in [3.8, 4) is 0 Å². The van der Waals surface area contributed by atoms with Crippen molar-refractivity contribution in [3.63, 3.8) is 0 Å². The van der Waals surface area contributed by atoms with E-state index in [0.717, 1.165) is 18.8 Å². The molecule has 0 spiro atoms. The molecule has 0 aliphatic rings. The lowest BCUT2D eigenvalue weighted by Gasteiger charge is -2.09. The second kappa shape index (κ2) is 8.75. The van der Waals surface area contributed by atoms with Crippen molar-refractivity contribution >= 4 is 5.91 Å². The van der Waals surface area contributed by atoms with Gasteiger partial charge in [0, 0.05) is 20.5 Å². The van der Waals surface area contributed by atoms with E-state index >= 15 is 0 Å². The van der Waals surface area contributed by atoms with Crippen molar-refractivity contribution in [3.05, 3.63) is 0 Å². The van der Waals surface area contributed by atoms with E-state index in [-0.39, 0.29) is 5.91 Å². The summed E-state index contributed by atoms with van der Waals surface area (Å²) in [6.07, 6.45) is 8.28. The molecule has 0 fully saturated rings. The highest BCUT2D eigenvalue weighted by atomic mass is 16.2. The Bertz CT molecular complexity index is 164. The summed E-state index contributed by atoms with van der Waals surface area (Å²) in [5, 5.41) is 0. The zero-order chi connectivity index (χ0) is 11.7. The van der Waals surface area contributed by atoms with Gasteiger partial charge < -0.3 is 4.90 Å². The third-order valence-electron chi connectivity index (χ3n) is 2.67. The van der Waals surface area contributed by atoms with E-state index in [1.54, 1.807) is 4.90 Å². The molecule has 0 unspecified atom stereocenters. The SMILES string of the molecule is CC(C)CCCCCCCC(=O)N(C)C. The fourth-order valence-corrected chi connectivity index (χ4v) is 1.58. The summed E-state index contributed by atoms with van der Waals surface area (Å²) in [5.74, 6) is 1.09. The highest BCUT2D eigenvalue weighted by Gasteiger charge is 2.02. The van der Waals surface area contributed by atoms with Crippen LogP contribution in [0.3, 0.4) is 0 Å². The summed E-state index contributed by atoms with van der Waals surface area (Å²) in [7, 11) is 3.65. The molecule has 15 heavy (non-hydrogen) atoms. The molecule has 0 aromatic carbocycles. The van der Waals surface area contributed by atoms with Gasteiger partial charge in [-0.2, -0.15) is 0 Å². The van der Waals surface area contributed by atoms with Gasteiger partial charge >= 0.3 is 0 Å². The largest absolute Gasteiger partial charge is 0.349 e. The van der Waals surface area contributed by atoms with E-state index in [0.29, 0.717) is 0 Å². The van der Waals surface area contributed by atoms with E-state index in [2.05, 4.69) is 13.8 Å². The van der Waals surface area contributed by atoms with Gasteiger partial charge in [-0.3, -0.25) is 4.79 Å². The maximum Gasteiger partial charge on any atom is 0.222 e. The Morgan fingerprint density at radius 3 is 2.07 bits per heavy atom. The zero-order valence-electron chi connectivity index (χ0n) is 10.9. The first-order chi connectivity index (χ1) is 7.04. The minimum absolute atomic E-state index is 0.261. The molecule has 90 valence electrons. The molecule has 1 amide bonds. The van der Waals surface area contributed by atoms with Gasteiger partial charge in [-0.1, -0.05) is 46.0 Å². The molecule has 0 aromatic rings. The molecule has 0 saturated heterocycles. The van der Waals surface area contributed by atoms with E-state index in [9.17, 15) is 4.79 Å². The standard InChI is InChI=1S/C13H27NO/c1-12(2)10-8-6-5-7-9-11-13(15)14(3)4/h12H,5-11H2,1-4H3. The summed E-state index contributed by atoms with van der Waals surface area (Å²) in [6, 6.07) is 0. The highest BCUT2D eigenvalue weighted by molar-refractivity contribution is 5.75. The average molecular weight is 213 g/mol. The van der Waals surface area contributed by atoms with E-state index in [1.165, 1.54) is 32.1 Å². The van der Waals surface area contributed by atoms with Crippen molar-refractivity contribution in [2.75, 3.05) is 14.1 Å². The molecule has 0 aromatic heterocycles. The zero-order valence-corrected chi connectivity index (χ0v) is 10.9. The normalized spacial score (nSPS) is 10.7. The van der Waals surface area contributed by atoms with Crippen LogP contribution in [0, 0.1) is 5.92 Å². The Morgan fingerprint density at radius 1 is 1.00 bits per heavy atom. The molecule has 0 atom stereocenters. The predicted octanol–water partition coefficient (Wildman–Crippen LogP) is 3.46. The van der Waals surface area contributed by atoms with Gasteiger partial charge in [-0.05, 0) is 12.3 Å². The molecule has 2 heteroatoms. The number of rotatable bonds is 8. The number of nitrogens with zero attached hydrogens (tertiary/aromatic N) is 1. The quantitative estimate of drug-likeness (QED) is 0.565. The number of hydrogen-bond acceptors (Lipinski definition) is 1. The van der Waals surface area contributed by atoms with Gasteiger partial charge in [0.15, 0.2) is 0 Å². The van der Waals surface area contributed by atoms with Gasteiger partial charge in [0.1, 0.15) is 0 Å². The Kier molecular flexibility index (Phi) is 8.44. The maximum absolute atomic E-state index is 11.2. The molecule has 0 heterocycles. The van der Waals surface area contributed by atoms with Crippen LogP contribution in [0.2, 0.25) is 0 Å². The molecule has 0 N–H and O–H groups in total. The van der Waals surface area contributed by atoms with Gasteiger partial charge in [0.25, 0.3) is 0 Å². The van der Waals surface area contributed by atoms with Gasteiger partial charge in [-0.25, -0.2) is 0 Å². The molecule has 0 aliphatic carbocycles. The first-order valence-electron chi connectivity index (χ1n) is 6.24. The van der Waals surface area contributed by atoms with Crippen LogP contribution in [0.15, 0.2) is 0 Å². The van der Waals surface area contributed by atoms with Crippen LogP contribution in [0.4, 0.5) is 0 Å². The van der Waals surface area contributed by atoms with Crippen molar-refractivity contribution in [2.24, 2.45) is 5.92 Å². The van der Waals surface area contributed by atoms with Crippen LogP contribution in [0.1, 0.15) is 58.8 Å². The molecule has 2 nitrogen and oxygen atoms in total. The Hall–Kier alpha value is -0.530. The summed E-state index contributed by atoms with van der Waals surface area (Å²) >= 11 is 0. The lowest BCUT2D eigenvalue weighted by Crippen LogP contribution is -2.20. The summed E-state index contributed by atoms with van der Waals surface area (Å²) in [5.41, 5.74) is 0. The van der Waals surface area contributed by atoms with Crippen molar-refractivity contribution in [1.82, 2.24) is 4.90 Å². The number of amides is 1. The minimum atomic E-state index is 0.261. The fraction of sp³-hybridized carbons (Fsp3) is 0.923. The van der Waals surface area contributed by atoms with Crippen LogP contribution >= 0.6 is 0 Å². The molecular weight excluding hydrogens is 186 g/mol. The third kappa shape index (κ3) is 9.77. The van der Waals surface area contributed by atoms with Crippen LogP contribution < -0.4 is 0 Å². The number of unbranched alkanes of at least 4 members (excludes halogenated alkanes) is 4. The van der Waals surface area contributed by atoms with Crippen molar-refractivity contribution in [1.29, 1.82) is 0 Å². The Morgan fingerprint density at radius 2 is 1.53 bits per heavy atom. The summed E-state index contributed by atoms with van der Waals surface area (Å²) < 4.78 is 0. The monoisotopic (exact) mass is 213 g/mol. The molecule has 0 saturated carbocycles. The number of carbonyl (C=O) groups is 1. The van der Waals surface area contributed by atoms with E-state index in [1.807, 2.05) is 14.1 Å². The highest BCUT2D eigenvalue weighted by Crippen LogP contribution is 2.11. The molecule has 0 bridgehead atoms. The number of hydrogen-bond donors (Lipinski definition) is 0. The second-order valence-corrected chi connectivity index (χ2v) is 4.99. The average Bonchev–Trinajstić information content (AvgIpc) is 2.15. The number of carbonyl (C=O) groups excluding carboxylic acids is 1. The lowest BCUT2D eigenvalue weighted by molar-refractivity contribution is -0.128. The van der Waals surface area contributed by atoms with Crippen LogP contribution in [0.25, 0.3) is 0 Å². The second-order valence-electron chi connectivity index (χ2n) is 4.99. The molecular formula is C13H27NO. The summed E-state index contributed by atoms with van der Waals surface area (Å²) in [4.78, 5) is 12.9. The predicted molar refractivity (Wildman–Crippen MR) is 65.9 cm³/mol. The minimum Gasteiger partial charge on any atom is -0.349 e. The molecule has 0 rings (SSSR count). The van der Waals surface area contributed by atoms with Crippen LogP contribution in [-0.4, -0.2) is 24.9 Å². The van der Waals surface area contributed by atoms with Gasteiger partial charge in [-0.15, -0.1) is 0 Å². The Labute approximate surface area is 95.0 Å². The van der Waals surface area contributed by atoms with E-state index in [4.69, 9.17) is 0 Å². The van der Waals surface area contributed by atoms with Crippen molar-refractivity contribution in [2.45, 2.75) is 58.8 Å². The summed E-state index contributed by atoms with van der Waals surface area (Å²) in [6.45, 7) is 4.55. The topological polar surface area (TPSA) is 20.3 Å². The lowest BCUT2D eigenvalue weighted by atomic mass is 10.0. The Balaban J connectivity index is 3.15. The third-order valence-corrected chi connectivity index (χ3v) is 2.67. The van der Waals surface area contributed by atoms with Crippen LogP contribution in [-0.2, 0) is 4.79 Å². The fourth-order valence-electron chi connectivity index (χ4n) is 1.58. The van der Waals surface area contributed by atoms with Crippen molar-refractivity contribution < 1.29 is 4.79 Å². The molecule has 0 aliphatic heterocycles. The van der Waals surface area contributed by atoms with Gasteiger partial charge in [0.05, 0.1) is 0 Å². The smallest absolute Gasteiger partial charge is 0.222 e. The maximum atomic E-state index is 11.2. The van der Waals surface area contributed by atoms with E-state index < -0.39 is 0 Å². The molecule has 0 radical (unpaired) electrons. The van der Waals surface area contributed by atoms with Gasteiger partial charge in [0.2, 0.25) is 5.91 Å². The first kappa shape index (κ1) is 14.5.